The van der Waals surface area contributed by atoms with Crippen molar-refractivity contribution in [1.29, 1.82) is 0 Å². The number of rotatable bonds is 3. The first-order valence-electron chi connectivity index (χ1n) is 12.8. The topological polar surface area (TPSA) is 120 Å². The minimum atomic E-state index is -5.08. The number of likely N-dealkylation sites (tertiary alicyclic amines) is 2. The zero-order valence-corrected chi connectivity index (χ0v) is 21.6. The van der Waals surface area contributed by atoms with E-state index >= 15 is 0 Å². The van der Waals surface area contributed by atoms with Crippen LogP contribution < -0.4 is 4.90 Å². The summed E-state index contributed by atoms with van der Waals surface area (Å²) < 4.78 is 31.7. The van der Waals surface area contributed by atoms with Crippen molar-refractivity contribution in [2.24, 2.45) is 5.41 Å². The lowest BCUT2D eigenvalue weighted by Gasteiger charge is -2.45. The second kappa shape index (κ2) is 11.1. The SMILES string of the molecule is CCN1C(=O)C2(CCN(c3ncccn3)CC2)CC12CCN(C(=O)c1ccncc1)CC2.O=C(O)C(F)(F)F. The van der Waals surface area contributed by atoms with Crippen molar-refractivity contribution in [2.45, 2.75) is 50.7 Å². The van der Waals surface area contributed by atoms with E-state index in [1.807, 2.05) is 11.0 Å². The predicted octanol–water partition coefficient (Wildman–Crippen LogP) is 3.02. The van der Waals surface area contributed by atoms with Gasteiger partial charge >= 0.3 is 12.1 Å². The predicted molar refractivity (Wildman–Crippen MR) is 134 cm³/mol. The number of carbonyl (C=O) groups excluding carboxylic acids is 2. The van der Waals surface area contributed by atoms with Crippen molar-refractivity contribution in [3.8, 4) is 0 Å². The second-order valence-electron chi connectivity index (χ2n) is 10.1. The van der Waals surface area contributed by atoms with Gasteiger partial charge in [-0.15, -0.1) is 0 Å². The van der Waals surface area contributed by atoms with Crippen LogP contribution in [0, 0.1) is 5.41 Å². The fourth-order valence-corrected chi connectivity index (χ4v) is 6.01. The van der Waals surface area contributed by atoms with Crippen LogP contribution in [0.25, 0.3) is 0 Å². The first kappa shape index (κ1) is 28.2. The molecule has 2 amide bonds. The van der Waals surface area contributed by atoms with Crippen LogP contribution >= 0.6 is 0 Å². The highest BCUT2D eigenvalue weighted by Gasteiger charge is 2.59. The van der Waals surface area contributed by atoms with Gasteiger partial charge in [-0.25, -0.2) is 14.8 Å². The average Bonchev–Trinajstić information content (AvgIpc) is 3.15. The monoisotopic (exact) mass is 548 g/mol. The number of carbonyl (C=O) groups is 3. The van der Waals surface area contributed by atoms with Crippen LogP contribution in [-0.2, 0) is 9.59 Å². The third-order valence-corrected chi connectivity index (χ3v) is 7.96. The Morgan fingerprint density at radius 1 is 0.974 bits per heavy atom. The van der Waals surface area contributed by atoms with Crippen LogP contribution in [0.4, 0.5) is 19.1 Å². The number of carboxylic acids is 1. The molecule has 0 saturated carbocycles. The van der Waals surface area contributed by atoms with Crippen molar-refractivity contribution < 1.29 is 32.7 Å². The summed E-state index contributed by atoms with van der Waals surface area (Å²) in [7, 11) is 0. The van der Waals surface area contributed by atoms with E-state index in [1.54, 1.807) is 36.9 Å². The Morgan fingerprint density at radius 3 is 2.05 bits per heavy atom. The number of piperidine rings is 2. The normalized spacial score (nSPS) is 20.1. The minimum absolute atomic E-state index is 0.0560. The van der Waals surface area contributed by atoms with Gasteiger partial charge in [0.05, 0.1) is 5.41 Å². The third-order valence-electron chi connectivity index (χ3n) is 7.96. The number of hydrogen-bond acceptors (Lipinski definition) is 7. The van der Waals surface area contributed by atoms with Crippen molar-refractivity contribution in [3.63, 3.8) is 0 Å². The van der Waals surface area contributed by atoms with Crippen molar-refractivity contribution in [3.05, 3.63) is 48.5 Å². The van der Waals surface area contributed by atoms with E-state index in [4.69, 9.17) is 9.90 Å². The van der Waals surface area contributed by atoms with Gasteiger partial charge in [-0.1, -0.05) is 0 Å². The molecular weight excluding hydrogens is 517 g/mol. The molecule has 0 aromatic carbocycles. The van der Waals surface area contributed by atoms with Gasteiger partial charge in [0.15, 0.2) is 0 Å². The molecule has 3 aliphatic heterocycles. The number of amides is 2. The number of hydrogen-bond donors (Lipinski definition) is 1. The summed E-state index contributed by atoms with van der Waals surface area (Å²) in [6.45, 7) is 5.78. The molecule has 13 heteroatoms. The summed E-state index contributed by atoms with van der Waals surface area (Å²) in [5, 5.41) is 7.12. The lowest BCUT2D eigenvalue weighted by Crippen LogP contribution is -2.54. The van der Waals surface area contributed by atoms with E-state index < -0.39 is 12.1 Å². The molecule has 2 aromatic heterocycles. The molecule has 39 heavy (non-hydrogen) atoms. The minimum Gasteiger partial charge on any atom is -0.475 e. The average molecular weight is 549 g/mol. The Labute approximate surface area is 223 Å². The van der Waals surface area contributed by atoms with Gasteiger partial charge in [-0.3, -0.25) is 14.6 Å². The molecule has 0 unspecified atom stereocenters. The molecule has 2 spiro atoms. The Balaban J connectivity index is 0.000000448. The van der Waals surface area contributed by atoms with Crippen LogP contribution in [0.1, 0.15) is 49.4 Å². The number of nitrogens with zero attached hydrogens (tertiary/aromatic N) is 6. The largest absolute Gasteiger partial charge is 0.490 e. The zero-order valence-electron chi connectivity index (χ0n) is 21.6. The quantitative estimate of drug-likeness (QED) is 0.622. The van der Waals surface area contributed by atoms with E-state index in [9.17, 15) is 22.8 Å². The highest BCUT2D eigenvalue weighted by molar-refractivity contribution is 5.94. The van der Waals surface area contributed by atoms with E-state index in [0.29, 0.717) is 24.6 Å². The molecular formula is C26H31F3N6O4. The Hall–Kier alpha value is -3.77. The van der Waals surface area contributed by atoms with Crippen molar-refractivity contribution >= 4 is 23.7 Å². The lowest BCUT2D eigenvalue weighted by molar-refractivity contribution is -0.192. The summed E-state index contributed by atoms with van der Waals surface area (Å²) in [5.74, 6) is -1.65. The highest BCUT2D eigenvalue weighted by Crippen LogP contribution is 2.52. The smallest absolute Gasteiger partial charge is 0.475 e. The van der Waals surface area contributed by atoms with Crippen LogP contribution in [-0.4, -0.2) is 92.1 Å². The Bertz CT molecular complexity index is 1170. The van der Waals surface area contributed by atoms with Crippen LogP contribution in [0.3, 0.4) is 0 Å². The first-order chi connectivity index (χ1) is 18.5. The molecule has 3 aliphatic rings. The molecule has 1 N–H and O–H groups in total. The van der Waals surface area contributed by atoms with E-state index in [1.165, 1.54) is 0 Å². The molecule has 5 rings (SSSR count). The molecule has 2 aromatic rings. The Kier molecular flexibility index (Phi) is 8.07. The molecule has 0 aliphatic carbocycles. The first-order valence-corrected chi connectivity index (χ1v) is 12.8. The fraction of sp³-hybridized carbons (Fsp3) is 0.538. The van der Waals surface area contributed by atoms with E-state index in [2.05, 4.69) is 31.7 Å². The van der Waals surface area contributed by atoms with Gasteiger partial charge in [-0.05, 0) is 57.2 Å². The number of aliphatic carboxylic acids is 1. The summed E-state index contributed by atoms with van der Waals surface area (Å²) in [5.41, 5.74) is 0.253. The number of pyridine rings is 1. The molecule has 210 valence electrons. The molecule has 0 atom stereocenters. The van der Waals surface area contributed by atoms with Gasteiger partial charge < -0.3 is 19.8 Å². The molecule has 3 saturated heterocycles. The van der Waals surface area contributed by atoms with Gasteiger partial charge in [0.1, 0.15) is 0 Å². The van der Waals surface area contributed by atoms with Crippen molar-refractivity contribution in [1.82, 2.24) is 24.8 Å². The molecule has 0 radical (unpaired) electrons. The van der Waals surface area contributed by atoms with Gasteiger partial charge in [0, 0.05) is 68.6 Å². The number of halogens is 3. The number of carboxylic acid groups (broad SMARTS) is 1. The van der Waals surface area contributed by atoms with Crippen LogP contribution in [0.15, 0.2) is 43.0 Å². The van der Waals surface area contributed by atoms with Crippen molar-refractivity contribution in [2.75, 3.05) is 37.6 Å². The van der Waals surface area contributed by atoms with Crippen LogP contribution in [0.2, 0.25) is 0 Å². The number of anilines is 1. The molecule has 10 nitrogen and oxygen atoms in total. The molecule has 5 heterocycles. The number of alkyl halides is 3. The Morgan fingerprint density at radius 2 is 1.54 bits per heavy atom. The summed E-state index contributed by atoms with van der Waals surface area (Å²) in [4.78, 5) is 54.5. The third kappa shape index (κ3) is 5.81. The summed E-state index contributed by atoms with van der Waals surface area (Å²) in [6, 6.07) is 5.36. The van der Waals surface area contributed by atoms with Gasteiger partial charge in [-0.2, -0.15) is 13.2 Å². The maximum atomic E-state index is 13.7. The van der Waals surface area contributed by atoms with Crippen LogP contribution in [0.5, 0.6) is 0 Å². The molecule has 0 bridgehead atoms. The standard InChI is InChI=1S/C24H30N6O2.C2HF3O2/c1-2-30-21(32)23(6-14-29(15-7-23)22-26-10-3-11-27-22)18-24(30)8-16-28(17-9-24)20(31)19-4-12-25-13-5-19;3-2(4,5)1(6)7/h3-5,10-13H,2,6-9,14-18H2,1H3;(H,6,7). The maximum Gasteiger partial charge on any atom is 0.490 e. The second-order valence-corrected chi connectivity index (χ2v) is 10.1. The van der Waals surface area contributed by atoms with E-state index in [-0.39, 0.29) is 16.9 Å². The summed E-state index contributed by atoms with van der Waals surface area (Å²) >= 11 is 0. The summed E-state index contributed by atoms with van der Waals surface area (Å²) in [6.07, 6.45) is 6.02. The lowest BCUT2D eigenvalue weighted by atomic mass is 9.71. The maximum absolute atomic E-state index is 13.7. The van der Waals surface area contributed by atoms with E-state index in [0.717, 1.165) is 57.7 Å². The molecule has 3 fully saturated rings. The number of aromatic nitrogens is 3. The van der Waals surface area contributed by atoms with Gasteiger partial charge in [0.2, 0.25) is 11.9 Å². The highest BCUT2D eigenvalue weighted by atomic mass is 19.4. The van der Waals surface area contributed by atoms with Gasteiger partial charge in [0.25, 0.3) is 5.91 Å². The fourth-order valence-electron chi connectivity index (χ4n) is 6.01. The zero-order chi connectivity index (χ0) is 28.3.